The molecule has 18 heteroatoms. The first kappa shape index (κ1) is 33.9. The number of hydrogen-bond donors (Lipinski definition) is 3. The van der Waals surface area contributed by atoms with Crippen LogP contribution in [0.5, 0.6) is 0 Å². The fraction of sp³-hybridized carbons (Fsp3) is 0.345. The molecule has 1 aliphatic carbocycles. The summed E-state index contributed by atoms with van der Waals surface area (Å²) < 4.78 is 19.9. The van der Waals surface area contributed by atoms with E-state index in [0.717, 1.165) is 24.4 Å². The average Bonchev–Trinajstić information content (AvgIpc) is 3.53. The number of nitrogens with one attached hydrogen (secondary N) is 3. The monoisotopic (exact) mass is 626 g/mol. The summed E-state index contributed by atoms with van der Waals surface area (Å²) in [5.41, 5.74) is 1.37. The number of aromatic nitrogens is 2. The number of carbonyl (C=O) groups is 1. The molecule has 47 heavy (non-hydrogen) atoms. The Balaban J connectivity index is 1.31. The van der Waals surface area contributed by atoms with Crippen molar-refractivity contribution >= 4 is 108 Å². The normalized spacial score (nSPS) is 25.0. The molecule has 8 nitrogen and oxygen atoms in total. The molecule has 1 unspecified atom stereocenters. The molecule has 3 aliphatic rings. The van der Waals surface area contributed by atoms with E-state index in [1.807, 2.05) is 0 Å². The standard InChI is InChI=1S/C29H20B8ClFN6O2/c30-26(31)28(34,35)47-29(36,37)27(32,33)45(26)8-2-5-22(46)43-20-10-17-21(9-15(20)6-7-25-11-16(25)12-40-13-25)41-14-42-24(17)44-19-4-1-3-18(38)23(19)39/h1-5,9-10,14,16,40H,8,11-13H2,(H,43,46)(H,41,42,44)/b5-2+/t16?,25-/m0/s1. The largest absolute Gasteiger partial charge is 0.406 e. The lowest BCUT2D eigenvalue weighted by atomic mass is 9.30. The molecule has 3 N–H and O–H groups in total. The predicted molar refractivity (Wildman–Crippen MR) is 187 cm³/mol. The van der Waals surface area contributed by atoms with E-state index in [0.29, 0.717) is 28.1 Å². The van der Waals surface area contributed by atoms with E-state index in [2.05, 4.69) is 37.8 Å². The fourth-order valence-corrected chi connectivity index (χ4v) is 5.95. The van der Waals surface area contributed by atoms with E-state index in [4.69, 9.17) is 79.1 Å². The van der Waals surface area contributed by atoms with E-state index in [-0.39, 0.29) is 28.5 Å². The van der Waals surface area contributed by atoms with Gasteiger partial charge in [-0.3, -0.25) is 4.79 Å². The number of hydrogen-bond acceptors (Lipinski definition) is 7. The van der Waals surface area contributed by atoms with Gasteiger partial charge in [-0.15, -0.1) is 0 Å². The SMILES string of the molecule is [B]C1([B])OC([B])([B])C([B])([B])N(C/C=C/C(=O)Nc2cc3c(Nc4cccc(Cl)c4F)ncnc3cc2C#C[C@]23CNCC2C3)C1([B])[B]. The molecule has 1 saturated carbocycles. The molecular weight excluding hydrogens is 605 g/mol. The van der Waals surface area contributed by atoms with Crippen molar-refractivity contribution in [2.75, 3.05) is 30.3 Å². The van der Waals surface area contributed by atoms with E-state index in [9.17, 15) is 9.18 Å². The third-order valence-electron chi connectivity index (χ3n) is 8.79. The number of fused-ring (bicyclic) bond motifs is 2. The van der Waals surface area contributed by atoms with Crippen molar-refractivity contribution in [2.24, 2.45) is 11.3 Å². The number of amides is 1. The number of rotatable bonds is 6. The summed E-state index contributed by atoms with van der Waals surface area (Å²) in [5, 5.41) is 0.697. The van der Waals surface area contributed by atoms with Crippen LogP contribution < -0.4 is 16.0 Å². The van der Waals surface area contributed by atoms with Gasteiger partial charge in [-0.2, -0.15) is 0 Å². The summed E-state index contributed by atoms with van der Waals surface area (Å²) in [6, 6.07) is 7.93. The van der Waals surface area contributed by atoms with Crippen LogP contribution in [0.1, 0.15) is 12.0 Å². The number of benzene rings is 2. The lowest BCUT2D eigenvalue weighted by molar-refractivity contribution is -0.112. The number of carbonyl (C=O) groups excluding carboxylic acids is 1. The smallest absolute Gasteiger partial charge is 0.248 e. The van der Waals surface area contributed by atoms with Crippen molar-refractivity contribution < 1.29 is 13.9 Å². The van der Waals surface area contributed by atoms with E-state index < -0.39 is 33.2 Å². The molecule has 0 bridgehead atoms. The molecule has 3 fully saturated rings. The van der Waals surface area contributed by atoms with Crippen LogP contribution in [0, 0.1) is 29.0 Å². The second-order valence-corrected chi connectivity index (χ2v) is 12.6. The summed E-state index contributed by atoms with van der Waals surface area (Å²) in [7, 11) is 48.3. The third kappa shape index (κ3) is 6.07. The Kier molecular flexibility index (Phi) is 8.53. The third-order valence-corrected chi connectivity index (χ3v) is 9.08. The Labute approximate surface area is 288 Å². The van der Waals surface area contributed by atoms with Gasteiger partial charge in [0.15, 0.2) is 5.82 Å². The number of ether oxygens (including phenoxy) is 1. The molecule has 0 spiro atoms. The number of anilines is 3. The lowest BCUT2D eigenvalue weighted by Crippen LogP contribution is -2.85. The number of nitrogens with zero attached hydrogens (tertiary/aromatic N) is 3. The van der Waals surface area contributed by atoms with Crippen molar-refractivity contribution in [3.8, 4) is 11.8 Å². The van der Waals surface area contributed by atoms with Crippen molar-refractivity contribution in [1.29, 1.82) is 0 Å². The van der Waals surface area contributed by atoms with Gasteiger partial charge in [0.2, 0.25) is 5.91 Å². The van der Waals surface area contributed by atoms with Crippen LogP contribution in [0.25, 0.3) is 10.9 Å². The molecule has 216 valence electrons. The molecule has 6 rings (SSSR count). The maximum absolute atomic E-state index is 14.7. The van der Waals surface area contributed by atoms with Crippen LogP contribution in [0.4, 0.5) is 21.6 Å². The van der Waals surface area contributed by atoms with Crippen molar-refractivity contribution in [2.45, 2.75) is 27.9 Å². The van der Waals surface area contributed by atoms with Crippen LogP contribution in [0.15, 0.2) is 48.8 Å². The Morgan fingerprint density at radius 2 is 1.83 bits per heavy atom. The van der Waals surface area contributed by atoms with Crippen LogP contribution in [0.2, 0.25) is 5.02 Å². The van der Waals surface area contributed by atoms with Gasteiger partial charge < -0.3 is 25.6 Å². The maximum Gasteiger partial charge on any atom is 0.248 e. The Morgan fingerprint density at radius 1 is 1.11 bits per heavy atom. The van der Waals surface area contributed by atoms with Crippen LogP contribution in [-0.4, -0.2) is 125 Å². The minimum absolute atomic E-state index is 0.0582. The molecule has 3 heterocycles. The van der Waals surface area contributed by atoms with Crippen molar-refractivity contribution in [3.05, 3.63) is 65.2 Å². The zero-order chi connectivity index (χ0) is 34.0. The molecule has 2 saturated heterocycles. The Morgan fingerprint density at radius 3 is 2.49 bits per heavy atom. The van der Waals surface area contributed by atoms with E-state index in [1.165, 1.54) is 30.6 Å². The van der Waals surface area contributed by atoms with Crippen molar-refractivity contribution in [3.63, 3.8) is 0 Å². The number of halogens is 2. The summed E-state index contributed by atoms with van der Waals surface area (Å²) in [5.74, 6) is 6.17. The number of piperidine rings is 1. The van der Waals surface area contributed by atoms with Gasteiger partial charge in [-0.05, 0) is 64.6 Å². The first-order valence-corrected chi connectivity index (χ1v) is 14.9. The highest BCUT2D eigenvalue weighted by Crippen LogP contribution is 2.54. The lowest BCUT2D eigenvalue weighted by Gasteiger charge is -2.70. The van der Waals surface area contributed by atoms with Gasteiger partial charge in [-0.25, -0.2) is 14.4 Å². The van der Waals surface area contributed by atoms with Gasteiger partial charge in [0, 0.05) is 30.0 Å². The summed E-state index contributed by atoms with van der Waals surface area (Å²) in [4.78, 5) is 23.0. The van der Waals surface area contributed by atoms with Gasteiger partial charge in [0.1, 0.15) is 12.1 Å². The van der Waals surface area contributed by atoms with Gasteiger partial charge in [-0.1, -0.05) is 35.6 Å². The molecule has 3 aromatic rings. The molecule has 1 aromatic heterocycles. The number of morpholine rings is 1. The minimum Gasteiger partial charge on any atom is -0.406 e. The first-order valence-electron chi connectivity index (χ1n) is 14.5. The van der Waals surface area contributed by atoms with Crippen LogP contribution in [0.3, 0.4) is 0 Å². The average molecular weight is 625 g/mol. The molecule has 2 aliphatic heterocycles. The molecule has 2 aromatic carbocycles. The highest BCUT2D eigenvalue weighted by atomic mass is 35.5. The van der Waals surface area contributed by atoms with Gasteiger partial charge >= 0.3 is 0 Å². The second-order valence-electron chi connectivity index (χ2n) is 12.1. The summed E-state index contributed by atoms with van der Waals surface area (Å²) in [6.45, 7) is 1.44. The molecule has 1 amide bonds. The zero-order valence-electron chi connectivity index (χ0n) is 25.1. The van der Waals surface area contributed by atoms with Crippen molar-refractivity contribution in [1.82, 2.24) is 20.2 Å². The molecular formula is C29H20B8ClFN6O2. The van der Waals surface area contributed by atoms with E-state index >= 15 is 0 Å². The second kappa shape index (κ2) is 11.8. The predicted octanol–water partition coefficient (Wildman–Crippen LogP) is -0.0830. The molecule has 2 atom stereocenters. The highest BCUT2D eigenvalue weighted by molar-refractivity contribution is 6.59. The molecule has 16 radical (unpaired) electrons. The van der Waals surface area contributed by atoms with E-state index in [1.54, 1.807) is 18.2 Å². The first-order chi connectivity index (χ1) is 22.0. The van der Waals surface area contributed by atoms with Gasteiger partial charge in [0.05, 0.1) is 90.2 Å². The van der Waals surface area contributed by atoms with Crippen LogP contribution >= 0.6 is 11.6 Å². The quantitative estimate of drug-likeness (QED) is 0.201. The highest BCUT2D eigenvalue weighted by Gasteiger charge is 2.57. The maximum atomic E-state index is 14.7. The minimum atomic E-state index is -2.27. The Hall–Kier alpha value is -3.03. The summed E-state index contributed by atoms with van der Waals surface area (Å²) in [6.07, 6.45) is 4.89. The topological polar surface area (TPSA) is 91.4 Å². The Bertz CT molecular complexity index is 1840. The van der Waals surface area contributed by atoms with Gasteiger partial charge in [0.25, 0.3) is 0 Å². The van der Waals surface area contributed by atoms with Crippen LogP contribution in [-0.2, 0) is 9.53 Å². The summed E-state index contributed by atoms with van der Waals surface area (Å²) >= 11 is 5.97. The zero-order valence-corrected chi connectivity index (χ0v) is 25.8. The fourth-order valence-electron chi connectivity index (χ4n) is 5.77.